The maximum atomic E-state index is 14.0. The van der Waals surface area contributed by atoms with Gasteiger partial charge >= 0.3 is 6.18 Å². The van der Waals surface area contributed by atoms with E-state index in [1.165, 1.54) is 0 Å². The lowest BCUT2D eigenvalue weighted by molar-refractivity contribution is -0.137. The fraction of sp³-hybridized carbons (Fsp3) is 0.294. The molecule has 128 valence electrons. The second-order valence-corrected chi connectivity index (χ2v) is 7.69. The molecule has 1 aliphatic rings. The molecule has 0 aliphatic carbocycles. The third-order valence-corrected chi connectivity index (χ3v) is 6.27. The van der Waals surface area contributed by atoms with Crippen LogP contribution in [0.3, 0.4) is 0 Å². The van der Waals surface area contributed by atoms with Crippen molar-refractivity contribution in [2.24, 2.45) is 0 Å². The van der Waals surface area contributed by atoms with Gasteiger partial charge in [-0.15, -0.1) is 11.8 Å². The molecule has 0 bridgehead atoms. The van der Waals surface area contributed by atoms with Crippen molar-refractivity contribution in [2.45, 2.75) is 23.4 Å². The molecule has 1 unspecified atom stereocenters. The average molecular weight is 373 g/mol. The molecule has 3 rings (SSSR count). The average Bonchev–Trinajstić information content (AvgIpc) is 2.97. The van der Waals surface area contributed by atoms with Crippen LogP contribution in [0.1, 0.15) is 11.1 Å². The number of anilines is 1. The van der Waals surface area contributed by atoms with Crippen LogP contribution in [0.25, 0.3) is 0 Å². The standard InChI is InChI=1S/C17H15F4NS2/c1-11-4-2-3-5-14(11)22-10-23-9-16(22)24-15-8-12(17(19,20)21)6-7-13(15)18/h2-8,16H,9-10H2,1H3. The summed E-state index contributed by atoms with van der Waals surface area (Å²) in [6, 6.07) is 10.4. The van der Waals surface area contributed by atoms with Crippen LogP contribution in [0, 0.1) is 12.7 Å². The molecule has 0 aromatic heterocycles. The van der Waals surface area contributed by atoms with Crippen molar-refractivity contribution < 1.29 is 17.6 Å². The van der Waals surface area contributed by atoms with Crippen LogP contribution in [0.4, 0.5) is 23.2 Å². The van der Waals surface area contributed by atoms with Gasteiger partial charge in [-0.2, -0.15) is 13.2 Å². The number of halogens is 4. The van der Waals surface area contributed by atoms with Gasteiger partial charge in [-0.05, 0) is 36.8 Å². The van der Waals surface area contributed by atoms with E-state index in [0.29, 0.717) is 0 Å². The molecule has 1 nitrogen and oxygen atoms in total. The molecule has 0 amide bonds. The normalized spacial score (nSPS) is 18.2. The highest BCUT2D eigenvalue weighted by Crippen LogP contribution is 2.40. The highest BCUT2D eigenvalue weighted by atomic mass is 32.2. The lowest BCUT2D eigenvalue weighted by Crippen LogP contribution is -2.28. The first kappa shape index (κ1) is 17.5. The molecule has 7 heteroatoms. The van der Waals surface area contributed by atoms with E-state index in [2.05, 4.69) is 4.90 Å². The van der Waals surface area contributed by atoms with Gasteiger partial charge in [0.2, 0.25) is 0 Å². The molecule has 1 saturated heterocycles. The first-order chi connectivity index (χ1) is 11.4. The van der Waals surface area contributed by atoms with Gasteiger partial charge in [0.15, 0.2) is 0 Å². The minimum atomic E-state index is -4.47. The SMILES string of the molecule is Cc1ccccc1N1CSCC1Sc1cc(C(F)(F)F)ccc1F. The van der Waals surface area contributed by atoms with Gasteiger partial charge in [0, 0.05) is 16.3 Å². The summed E-state index contributed by atoms with van der Waals surface area (Å²) < 4.78 is 52.6. The molecule has 1 atom stereocenters. The Bertz CT molecular complexity index is 733. The van der Waals surface area contributed by atoms with Crippen LogP contribution in [0.2, 0.25) is 0 Å². The van der Waals surface area contributed by atoms with Crippen molar-refractivity contribution >= 4 is 29.2 Å². The van der Waals surface area contributed by atoms with Crippen molar-refractivity contribution in [3.8, 4) is 0 Å². The zero-order chi connectivity index (χ0) is 17.3. The molecule has 0 saturated carbocycles. The number of thioether (sulfide) groups is 2. The van der Waals surface area contributed by atoms with Crippen LogP contribution in [-0.2, 0) is 6.18 Å². The van der Waals surface area contributed by atoms with E-state index in [1.807, 2.05) is 31.2 Å². The smallest absolute Gasteiger partial charge is 0.349 e. The zero-order valence-corrected chi connectivity index (χ0v) is 14.4. The molecule has 0 N–H and O–H groups in total. The van der Waals surface area contributed by atoms with E-state index in [4.69, 9.17) is 0 Å². The number of aryl methyl sites for hydroxylation is 1. The van der Waals surface area contributed by atoms with E-state index in [1.54, 1.807) is 11.8 Å². The molecular formula is C17H15F4NS2. The number of para-hydroxylation sites is 1. The summed E-state index contributed by atoms with van der Waals surface area (Å²) in [5.41, 5.74) is 1.31. The van der Waals surface area contributed by atoms with Gasteiger partial charge < -0.3 is 4.90 Å². The highest BCUT2D eigenvalue weighted by molar-refractivity contribution is 8.04. The van der Waals surface area contributed by atoms with Crippen molar-refractivity contribution in [3.05, 3.63) is 59.4 Å². The maximum Gasteiger partial charge on any atom is 0.416 e. The summed E-state index contributed by atoms with van der Waals surface area (Å²) in [6.45, 7) is 1.99. The second kappa shape index (κ2) is 6.88. The van der Waals surface area contributed by atoms with Gasteiger partial charge in [0.1, 0.15) is 5.82 Å². The Labute approximate surface area is 146 Å². The molecule has 1 fully saturated rings. The number of hydrogen-bond acceptors (Lipinski definition) is 3. The van der Waals surface area contributed by atoms with Gasteiger partial charge in [-0.25, -0.2) is 4.39 Å². The Morgan fingerprint density at radius 3 is 2.62 bits per heavy atom. The predicted molar refractivity (Wildman–Crippen MR) is 92.0 cm³/mol. The van der Waals surface area contributed by atoms with Crippen molar-refractivity contribution in [2.75, 3.05) is 16.5 Å². The van der Waals surface area contributed by atoms with Crippen molar-refractivity contribution in [1.82, 2.24) is 0 Å². The van der Waals surface area contributed by atoms with Crippen molar-refractivity contribution in [3.63, 3.8) is 0 Å². The van der Waals surface area contributed by atoms with Crippen LogP contribution < -0.4 is 4.90 Å². The van der Waals surface area contributed by atoms with E-state index >= 15 is 0 Å². The Hall–Kier alpha value is -1.34. The molecule has 24 heavy (non-hydrogen) atoms. The largest absolute Gasteiger partial charge is 0.416 e. The summed E-state index contributed by atoms with van der Waals surface area (Å²) in [6.07, 6.45) is -4.47. The van der Waals surface area contributed by atoms with Crippen LogP contribution in [-0.4, -0.2) is 17.0 Å². The fourth-order valence-corrected chi connectivity index (χ4v) is 5.19. The summed E-state index contributed by atoms with van der Waals surface area (Å²) in [5.74, 6) is 0.854. The van der Waals surface area contributed by atoms with Crippen LogP contribution in [0.15, 0.2) is 47.4 Å². The van der Waals surface area contributed by atoms with E-state index in [0.717, 1.165) is 52.8 Å². The molecule has 1 heterocycles. The number of alkyl halides is 3. The quantitative estimate of drug-likeness (QED) is 0.628. The third kappa shape index (κ3) is 3.67. The Balaban J connectivity index is 1.86. The minimum absolute atomic E-state index is 0.0379. The Morgan fingerprint density at radius 2 is 1.92 bits per heavy atom. The molecule has 1 aliphatic heterocycles. The lowest BCUT2D eigenvalue weighted by atomic mass is 10.2. The van der Waals surface area contributed by atoms with Crippen molar-refractivity contribution in [1.29, 1.82) is 0 Å². The summed E-state index contributed by atoms with van der Waals surface area (Å²) in [5, 5.41) is -0.103. The number of hydrogen-bond donors (Lipinski definition) is 0. The third-order valence-electron chi connectivity index (χ3n) is 3.78. The van der Waals surface area contributed by atoms with Gasteiger partial charge in [0.05, 0.1) is 16.8 Å². The summed E-state index contributed by atoms with van der Waals surface area (Å²) >= 11 is 2.84. The van der Waals surface area contributed by atoms with Crippen LogP contribution >= 0.6 is 23.5 Å². The Morgan fingerprint density at radius 1 is 1.17 bits per heavy atom. The summed E-state index contributed by atoms with van der Waals surface area (Å²) in [7, 11) is 0. The predicted octanol–water partition coefficient (Wildman–Crippen LogP) is 5.78. The summed E-state index contributed by atoms with van der Waals surface area (Å²) in [4.78, 5) is 2.15. The lowest BCUT2D eigenvalue weighted by Gasteiger charge is -2.27. The minimum Gasteiger partial charge on any atom is -0.349 e. The first-order valence-electron chi connectivity index (χ1n) is 7.29. The van der Waals surface area contributed by atoms with E-state index in [9.17, 15) is 17.6 Å². The molecule has 2 aromatic rings. The second-order valence-electron chi connectivity index (χ2n) is 5.47. The highest BCUT2D eigenvalue weighted by Gasteiger charge is 2.33. The number of benzene rings is 2. The molecular weight excluding hydrogens is 358 g/mol. The molecule has 2 aromatic carbocycles. The molecule has 0 radical (unpaired) electrons. The van der Waals surface area contributed by atoms with Gasteiger partial charge in [-0.1, -0.05) is 30.0 Å². The van der Waals surface area contributed by atoms with Gasteiger partial charge in [0.25, 0.3) is 0 Å². The van der Waals surface area contributed by atoms with Crippen LogP contribution in [0.5, 0.6) is 0 Å². The Kier molecular flexibility index (Phi) is 5.01. The monoisotopic (exact) mass is 373 g/mol. The molecule has 0 spiro atoms. The van der Waals surface area contributed by atoms with E-state index in [-0.39, 0.29) is 10.3 Å². The van der Waals surface area contributed by atoms with E-state index < -0.39 is 17.6 Å². The zero-order valence-electron chi connectivity index (χ0n) is 12.8. The fourth-order valence-electron chi connectivity index (χ4n) is 2.55. The maximum absolute atomic E-state index is 14.0. The topological polar surface area (TPSA) is 3.24 Å². The number of rotatable bonds is 3. The number of nitrogens with zero attached hydrogens (tertiary/aromatic N) is 1. The van der Waals surface area contributed by atoms with Gasteiger partial charge in [-0.3, -0.25) is 0 Å². The first-order valence-corrected chi connectivity index (χ1v) is 9.33.